The molecule has 2 saturated carbocycles. The van der Waals surface area contributed by atoms with Crippen molar-refractivity contribution in [2.75, 3.05) is 11.9 Å². The number of amides is 2. The molecule has 2 aromatic carbocycles. The van der Waals surface area contributed by atoms with Crippen molar-refractivity contribution in [3.8, 4) is 0 Å². The number of carboxylic acid groups (broad SMARTS) is 1. The zero-order chi connectivity index (χ0) is 40.6. The molecule has 12 nitrogen and oxygen atoms in total. The van der Waals surface area contributed by atoms with Gasteiger partial charge in [-0.2, -0.15) is 0 Å². The first-order valence-electron chi connectivity index (χ1n) is 19.7. The number of sulfonamides is 1. The number of Topliss-reactive ketones (excluding diaryl/α,β-unsaturated/α-hetero) is 1. The third kappa shape index (κ3) is 9.12. The first-order chi connectivity index (χ1) is 26.3. The number of hydrogen-bond acceptors (Lipinski definition) is 8. The molecule has 0 spiro atoms. The minimum absolute atomic E-state index is 0.0136. The third-order valence-electron chi connectivity index (χ3n) is 12.2. The molecule has 5 atom stereocenters. The summed E-state index contributed by atoms with van der Waals surface area (Å²) >= 11 is 0. The van der Waals surface area contributed by atoms with Gasteiger partial charge in [-0.3, -0.25) is 19.3 Å². The van der Waals surface area contributed by atoms with E-state index in [1.807, 2.05) is 30.4 Å². The van der Waals surface area contributed by atoms with Gasteiger partial charge in [0.05, 0.1) is 29.3 Å². The second-order valence-electron chi connectivity index (χ2n) is 17.5. The van der Waals surface area contributed by atoms with E-state index in [1.165, 1.54) is 15.9 Å². The molecule has 5 aliphatic rings. The van der Waals surface area contributed by atoms with Crippen molar-refractivity contribution in [1.29, 1.82) is 0 Å². The maximum absolute atomic E-state index is 14.5. The van der Waals surface area contributed by atoms with Gasteiger partial charge < -0.3 is 20.1 Å². The topological polar surface area (TPSA) is 176 Å². The monoisotopic (exact) mass is 794 g/mol. The Labute approximate surface area is 329 Å². The minimum Gasteiger partial charge on any atom is -0.481 e. The number of anilines is 1. The van der Waals surface area contributed by atoms with Crippen molar-refractivity contribution in [2.24, 2.45) is 16.5 Å². The quantitative estimate of drug-likeness (QED) is 0.288. The number of benzene rings is 2. The molecule has 0 unspecified atom stereocenters. The number of halogens is 1. The summed E-state index contributed by atoms with van der Waals surface area (Å²) in [5, 5.41) is 18.5. The number of aliphatic carboxylic acids is 1. The average molecular weight is 795 g/mol. The Morgan fingerprint density at radius 2 is 1.79 bits per heavy atom. The van der Waals surface area contributed by atoms with Crippen molar-refractivity contribution >= 4 is 39.5 Å². The lowest BCUT2D eigenvalue weighted by Crippen LogP contribution is -2.48. The Bertz CT molecular complexity index is 1990. The Hall–Kier alpha value is -4.30. The van der Waals surface area contributed by atoms with Gasteiger partial charge in [0.25, 0.3) is 0 Å². The number of carbonyl (C=O) groups excluding carboxylic acids is 3. The van der Waals surface area contributed by atoms with Crippen LogP contribution in [0.25, 0.3) is 0 Å². The van der Waals surface area contributed by atoms with Crippen LogP contribution in [0.1, 0.15) is 109 Å². The van der Waals surface area contributed by atoms with Crippen LogP contribution < -0.4 is 10.5 Å². The Morgan fingerprint density at radius 1 is 1.05 bits per heavy atom. The molecule has 2 aliphatic carbocycles. The van der Waals surface area contributed by atoms with E-state index in [0.717, 1.165) is 49.8 Å². The third-order valence-corrected chi connectivity index (χ3v) is 13.9. The molecule has 304 valence electrons. The Kier molecular flexibility index (Phi) is 11.7. The molecule has 0 aromatic heterocycles. The van der Waals surface area contributed by atoms with Gasteiger partial charge in [0.15, 0.2) is 5.78 Å². The van der Waals surface area contributed by atoms with Crippen LogP contribution in [0.2, 0.25) is 0 Å². The van der Waals surface area contributed by atoms with E-state index < -0.39 is 50.4 Å². The van der Waals surface area contributed by atoms with E-state index in [9.17, 15) is 37.1 Å². The van der Waals surface area contributed by atoms with Crippen molar-refractivity contribution in [2.45, 2.75) is 133 Å². The number of primary sulfonamides is 1. The summed E-state index contributed by atoms with van der Waals surface area (Å²) in [5.41, 5.74) is 1.81. The highest BCUT2D eigenvalue weighted by atomic mass is 32.2. The van der Waals surface area contributed by atoms with Gasteiger partial charge in [-0.05, 0) is 86.1 Å². The van der Waals surface area contributed by atoms with Crippen molar-refractivity contribution in [1.82, 2.24) is 9.80 Å². The van der Waals surface area contributed by atoms with Gasteiger partial charge in [-0.25, -0.2) is 22.7 Å². The van der Waals surface area contributed by atoms with Gasteiger partial charge in [-0.1, -0.05) is 70.0 Å². The van der Waals surface area contributed by atoms with E-state index >= 15 is 0 Å². The Balaban J connectivity index is 0.000000592. The lowest BCUT2D eigenvalue weighted by molar-refractivity contribution is -0.147. The lowest BCUT2D eigenvalue weighted by Gasteiger charge is -2.30. The number of fused-ring (bicyclic) bond motifs is 3. The van der Waals surface area contributed by atoms with Crippen LogP contribution >= 0.6 is 0 Å². The van der Waals surface area contributed by atoms with E-state index in [2.05, 4.69) is 32.2 Å². The van der Waals surface area contributed by atoms with E-state index in [-0.39, 0.29) is 61.3 Å². The minimum atomic E-state index is -3.23. The molecule has 14 heteroatoms. The molecule has 3 aliphatic heterocycles. The molecular formula is C42H55FN4O8S. The normalized spacial score (nSPS) is 28.0. The van der Waals surface area contributed by atoms with Gasteiger partial charge in [-0.15, -0.1) is 0 Å². The molecule has 0 bridgehead atoms. The van der Waals surface area contributed by atoms with Gasteiger partial charge in [0, 0.05) is 30.6 Å². The summed E-state index contributed by atoms with van der Waals surface area (Å²) in [4.78, 5) is 57.2. The molecule has 2 aromatic rings. The zero-order valence-electron chi connectivity index (χ0n) is 32.8. The number of hydrogen-bond donors (Lipinski definition) is 3. The fourth-order valence-corrected chi connectivity index (χ4v) is 8.61. The molecule has 7 rings (SSSR count). The van der Waals surface area contributed by atoms with Gasteiger partial charge in [0.1, 0.15) is 18.0 Å². The smallest absolute Gasteiger partial charge is 0.410 e. The number of carboxylic acids is 1. The molecule has 0 radical (unpaired) electrons. The van der Waals surface area contributed by atoms with E-state index in [4.69, 9.17) is 9.88 Å². The van der Waals surface area contributed by atoms with Crippen LogP contribution in [0.4, 0.5) is 14.9 Å². The molecule has 3 fully saturated rings. The lowest BCUT2D eigenvalue weighted by atomic mass is 9.87. The summed E-state index contributed by atoms with van der Waals surface area (Å²) in [6, 6.07) is 11.2. The number of ether oxygens (including phenoxy) is 1. The maximum Gasteiger partial charge on any atom is 0.410 e. The highest BCUT2D eigenvalue weighted by Gasteiger charge is 2.61. The zero-order valence-corrected chi connectivity index (χ0v) is 33.6. The second kappa shape index (κ2) is 15.9. The first kappa shape index (κ1) is 41.3. The molecular weight excluding hydrogens is 740 g/mol. The first-order valence-corrected chi connectivity index (χ1v) is 21.2. The number of nitrogens with one attached hydrogen (secondary N) is 1. The SMILES string of the molecule is CC(C)(C)c1cccc(N[C@H]2CCCCC/C=C\[C@@H]3C[C@@]3(C(=O)O)CC(=O)[C@@H]3C[C@@H](OC(=O)N4Cc5cccc(F)c5C4)CN3C2=O)c1.CC1(S(N)(=O)=O)CC1. The number of nitrogens with two attached hydrogens (primary N) is 1. The fraction of sp³-hybridized carbons (Fsp3) is 0.571. The van der Waals surface area contributed by atoms with Crippen LogP contribution in [0.15, 0.2) is 54.6 Å². The number of carbonyl (C=O) groups is 4. The average Bonchev–Trinajstić information content (AvgIpc) is 3.92. The van der Waals surface area contributed by atoms with Crippen molar-refractivity contribution in [3.05, 3.63) is 77.1 Å². The van der Waals surface area contributed by atoms with Crippen LogP contribution in [0, 0.1) is 17.2 Å². The highest BCUT2D eigenvalue weighted by molar-refractivity contribution is 7.90. The summed E-state index contributed by atoms with van der Waals surface area (Å²) in [7, 11) is -3.23. The summed E-state index contributed by atoms with van der Waals surface area (Å²) in [6.45, 7) is 8.35. The predicted octanol–water partition coefficient (Wildman–Crippen LogP) is 6.42. The van der Waals surface area contributed by atoms with Crippen molar-refractivity contribution in [3.63, 3.8) is 0 Å². The maximum atomic E-state index is 14.5. The Morgan fingerprint density at radius 3 is 2.43 bits per heavy atom. The molecule has 56 heavy (non-hydrogen) atoms. The molecule has 1 saturated heterocycles. The van der Waals surface area contributed by atoms with Crippen LogP contribution in [0.5, 0.6) is 0 Å². The number of rotatable bonds is 5. The standard InChI is InChI=1S/C38H46FN3O6.C4H9NO2S/c1-37(2,3)25-13-10-14-27(17-25)40-31-16-8-6-4-5-7-12-26-19-38(26,35(45)46)20-33(43)32-18-28(22-42(32)34(31)44)48-36(47)41-21-24-11-9-15-30(39)29(24)23-41;1-4(2-3-4)8(5,6)7/h7,9-15,17,26,28,31-32,40H,4-6,8,16,18-23H2,1-3H3,(H,45,46);2-3H2,1H3,(H2,5,6,7)/b12-7-;/t26-,28-,31+,32+,38-;/m1./s1. The molecule has 2 amide bonds. The fourth-order valence-electron chi connectivity index (χ4n) is 7.94. The molecule has 3 heterocycles. The van der Waals surface area contributed by atoms with Crippen LogP contribution in [0.3, 0.4) is 0 Å². The van der Waals surface area contributed by atoms with E-state index in [0.29, 0.717) is 24.0 Å². The van der Waals surface area contributed by atoms with Crippen molar-refractivity contribution < 1.29 is 41.8 Å². The second-order valence-corrected chi connectivity index (χ2v) is 19.6. The largest absolute Gasteiger partial charge is 0.481 e. The van der Waals surface area contributed by atoms with Crippen LogP contribution in [-0.2, 0) is 47.6 Å². The number of nitrogens with zero attached hydrogens (tertiary/aromatic N) is 2. The predicted molar refractivity (Wildman–Crippen MR) is 209 cm³/mol. The van der Waals surface area contributed by atoms with Gasteiger partial charge >= 0.3 is 12.1 Å². The van der Waals surface area contributed by atoms with E-state index in [1.54, 1.807) is 19.1 Å². The summed E-state index contributed by atoms with van der Waals surface area (Å²) in [6.07, 6.45) is 8.23. The van der Waals surface area contributed by atoms with Crippen LogP contribution in [-0.4, -0.2) is 76.6 Å². The number of allylic oxidation sites excluding steroid dienone is 2. The molecule has 4 N–H and O–H groups in total. The highest BCUT2D eigenvalue weighted by Crippen LogP contribution is 2.57. The van der Waals surface area contributed by atoms with Gasteiger partial charge in [0.2, 0.25) is 15.9 Å². The number of ketones is 1. The summed E-state index contributed by atoms with van der Waals surface area (Å²) < 4.78 is 40.7. The summed E-state index contributed by atoms with van der Waals surface area (Å²) in [5.74, 6) is -2.22.